The zero-order valence-corrected chi connectivity index (χ0v) is 15.3. The van der Waals surface area contributed by atoms with Gasteiger partial charge in [-0.1, -0.05) is 23.2 Å². The molecule has 6 nitrogen and oxygen atoms in total. The van der Waals surface area contributed by atoms with Gasteiger partial charge in [0.25, 0.3) is 0 Å². The van der Waals surface area contributed by atoms with Gasteiger partial charge in [0.1, 0.15) is 17.3 Å². The number of carbonyl (C=O) groups excluding carboxylic acids is 2. The fourth-order valence-electron chi connectivity index (χ4n) is 1.57. The molecule has 0 radical (unpaired) electrons. The van der Waals surface area contributed by atoms with Gasteiger partial charge >= 0.3 is 0 Å². The van der Waals surface area contributed by atoms with Crippen LogP contribution in [0, 0.1) is 0 Å². The van der Waals surface area contributed by atoms with Gasteiger partial charge in [-0.15, -0.1) is 0 Å². The van der Waals surface area contributed by atoms with Gasteiger partial charge in [-0.3, -0.25) is 13.8 Å². The maximum atomic E-state index is 11.9. The largest absolute Gasteiger partial charge is 0.489 e. The van der Waals surface area contributed by atoms with Gasteiger partial charge in [-0.2, -0.15) is 0 Å². The average Bonchev–Trinajstić information content (AvgIpc) is 2.43. The molecule has 0 bridgehead atoms. The standard InChI is InChI=1S/C14H18Cl2N2O4S/c1-8(2)22-12-5-11(9(15)4-10(12)16)18-14(20)7-23(21)6-13(19)17-3/h4-5,8H,6-7H2,1-3H3,(H,17,19)(H,18,20)/t23-/m0/s1. The molecule has 0 aliphatic heterocycles. The van der Waals surface area contributed by atoms with Crippen LogP contribution >= 0.6 is 23.2 Å². The maximum absolute atomic E-state index is 11.9. The van der Waals surface area contributed by atoms with Crippen LogP contribution in [0.15, 0.2) is 12.1 Å². The fraction of sp³-hybridized carbons (Fsp3) is 0.429. The van der Waals surface area contributed by atoms with Gasteiger partial charge in [0.15, 0.2) is 0 Å². The summed E-state index contributed by atoms with van der Waals surface area (Å²) >= 11 is 12.1. The average molecular weight is 381 g/mol. The topological polar surface area (TPSA) is 84.5 Å². The third kappa shape index (κ3) is 6.76. The van der Waals surface area contributed by atoms with Gasteiger partial charge < -0.3 is 15.4 Å². The first-order chi connectivity index (χ1) is 10.7. The summed E-state index contributed by atoms with van der Waals surface area (Å²) in [4.78, 5) is 23.0. The maximum Gasteiger partial charge on any atom is 0.237 e. The van der Waals surface area contributed by atoms with Crippen molar-refractivity contribution in [3.05, 3.63) is 22.2 Å². The molecule has 0 spiro atoms. The van der Waals surface area contributed by atoms with Crippen molar-refractivity contribution in [2.45, 2.75) is 20.0 Å². The molecule has 2 N–H and O–H groups in total. The van der Waals surface area contributed by atoms with E-state index in [1.54, 1.807) is 0 Å². The van der Waals surface area contributed by atoms with Crippen molar-refractivity contribution in [2.75, 3.05) is 23.9 Å². The number of amides is 2. The first kappa shape index (κ1) is 19.7. The highest BCUT2D eigenvalue weighted by Gasteiger charge is 2.15. The van der Waals surface area contributed by atoms with Gasteiger partial charge in [-0.25, -0.2) is 0 Å². The summed E-state index contributed by atoms with van der Waals surface area (Å²) < 4.78 is 17.2. The highest BCUT2D eigenvalue weighted by molar-refractivity contribution is 7.86. The van der Waals surface area contributed by atoms with E-state index in [-0.39, 0.29) is 22.6 Å². The third-order valence-electron chi connectivity index (χ3n) is 2.52. The molecule has 0 saturated heterocycles. The predicted octanol–water partition coefficient (Wildman–Crippen LogP) is 2.21. The minimum Gasteiger partial charge on any atom is -0.489 e. The zero-order chi connectivity index (χ0) is 17.6. The second kappa shape index (κ2) is 9.10. The number of hydrogen-bond acceptors (Lipinski definition) is 4. The number of nitrogens with one attached hydrogen (secondary N) is 2. The summed E-state index contributed by atoms with van der Waals surface area (Å²) in [6, 6.07) is 2.96. The lowest BCUT2D eigenvalue weighted by Gasteiger charge is -2.14. The summed E-state index contributed by atoms with van der Waals surface area (Å²) in [5.41, 5.74) is 0.300. The fourth-order valence-corrected chi connectivity index (χ4v) is 2.95. The lowest BCUT2D eigenvalue weighted by atomic mass is 10.3. The second-order valence-electron chi connectivity index (χ2n) is 4.88. The molecule has 0 aliphatic rings. The molecule has 1 aromatic carbocycles. The Morgan fingerprint density at radius 2 is 1.78 bits per heavy atom. The van der Waals surface area contributed by atoms with Gasteiger partial charge in [0.2, 0.25) is 11.8 Å². The predicted molar refractivity (Wildman–Crippen MR) is 92.8 cm³/mol. The smallest absolute Gasteiger partial charge is 0.237 e. The Balaban J connectivity index is 2.77. The summed E-state index contributed by atoms with van der Waals surface area (Å²) in [7, 11) is -0.170. The van der Waals surface area contributed by atoms with Crippen LogP contribution in [0.5, 0.6) is 5.75 Å². The van der Waals surface area contributed by atoms with Crippen LogP contribution in [0.3, 0.4) is 0 Å². The molecule has 0 aromatic heterocycles. The number of hydrogen-bond donors (Lipinski definition) is 2. The minimum atomic E-state index is -1.60. The van der Waals surface area contributed by atoms with Crippen LogP contribution in [0.2, 0.25) is 10.0 Å². The molecule has 0 aliphatic carbocycles. The van der Waals surface area contributed by atoms with Crippen molar-refractivity contribution in [2.24, 2.45) is 0 Å². The van der Waals surface area contributed by atoms with Crippen LogP contribution in [-0.4, -0.2) is 40.7 Å². The van der Waals surface area contributed by atoms with Crippen molar-refractivity contribution in [1.82, 2.24) is 5.32 Å². The Morgan fingerprint density at radius 1 is 1.17 bits per heavy atom. The molecule has 0 saturated carbocycles. The van der Waals surface area contributed by atoms with Gasteiger partial charge in [-0.05, 0) is 19.9 Å². The molecule has 128 valence electrons. The lowest BCUT2D eigenvalue weighted by molar-refractivity contribution is -0.118. The van der Waals surface area contributed by atoms with Crippen molar-refractivity contribution in [1.29, 1.82) is 0 Å². The Bertz CT molecular complexity index is 623. The van der Waals surface area contributed by atoms with E-state index in [4.69, 9.17) is 27.9 Å². The normalized spacial score (nSPS) is 11.9. The van der Waals surface area contributed by atoms with Gasteiger partial charge in [0, 0.05) is 23.9 Å². The minimum absolute atomic E-state index is 0.0997. The van der Waals surface area contributed by atoms with E-state index in [1.165, 1.54) is 19.2 Å². The van der Waals surface area contributed by atoms with E-state index >= 15 is 0 Å². The SMILES string of the molecule is CNC(=O)C[S@](=O)CC(=O)Nc1cc(OC(C)C)c(Cl)cc1Cl. The molecule has 9 heteroatoms. The quantitative estimate of drug-likeness (QED) is 0.759. The van der Waals surface area contributed by atoms with Gasteiger partial charge in [0.05, 0.1) is 21.8 Å². The first-order valence-corrected chi connectivity index (χ1v) is 8.98. The Kier molecular flexibility index (Phi) is 7.81. The zero-order valence-electron chi connectivity index (χ0n) is 12.9. The van der Waals surface area contributed by atoms with Crippen LogP contribution < -0.4 is 15.4 Å². The first-order valence-electron chi connectivity index (χ1n) is 6.74. The van der Waals surface area contributed by atoms with E-state index in [1.807, 2.05) is 13.8 Å². The molecule has 23 heavy (non-hydrogen) atoms. The summed E-state index contributed by atoms with van der Waals surface area (Å²) in [6.07, 6.45) is -0.0997. The summed E-state index contributed by atoms with van der Waals surface area (Å²) in [5.74, 6) is -1.08. The molecular weight excluding hydrogens is 363 g/mol. The number of ether oxygens (including phenoxy) is 1. The highest BCUT2D eigenvalue weighted by atomic mass is 35.5. The Hall–Kier alpha value is -1.31. The Morgan fingerprint density at radius 3 is 2.35 bits per heavy atom. The monoisotopic (exact) mass is 380 g/mol. The van der Waals surface area contributed by atoms with E-state index in [0.717, 1.165) is 0 Å². The summed E-state index contributed by atoms with van der Waals surface area (Å²) in [6.45, 7) is 3.68. The molecule has 0 fully saturated rings. The molecule has 1 rings (SSSR count). The summed E-state index contributed by atoms with van der Waals surface area (Å²) in [5, 5.41) is 5.44. The second-order valence-corrected chi connectivity index (χ2v) is 7.15. The number of halogens is 2. The van der Waals surface area contributed by atoms with Crippen LogP contribution in [0.25, 0.3) is 0 Å². The lowest BCUT2D eigenvalue weighted by Crippen LogP contribution is -2.28. The molecule has 1 atom stereocenters. The molecule has 0 unspecified atom stereocenters. The van der Waals surface area contributed by atoms with Crippen LogP contribution in [-0.2, 0) is 20.4 Å². The van der Waals surface area contributed by atoms with Crippen LogP contribution in [0.1, 0.15) is 13.8 Å². The molecule has 0 heterocycles. The van der Waals surface area contributed by atoms with E-state index in [2.05, 4.69) is 10.6 Å². The Labute approximate surface area is 147 Å². The number of anilines is 1. The van der Waals surface area contributed by atoms with Crippen molar-refractivity contribution >= 4 is 51.5 Å². The van der Waals surface area contributed by atoms with E-state index < -0.39 is 22.6 Å². The number of benzene rings is 1. The third-order valence-corrected chi connectivity index (χ3v) is 4.30. The molecule has 2 amide bonds. The highest BCUT2D eigenvalue weighted by Crippen LogP contribution is 2.34. The van der Waals surface area contributed by atoms with Crippen LogP contribution in [0.4, 0.5) is 5.69 Å². The number of rotatable bonds is 7. The van der Waals surface area contributed by atoms with Crippen molar-refractivity contribution in [3.63, 3.8) is 0 Å². The van der Waals surface area contributed by atoms with E-state index in [9.17, 15) is 13.8 Å². The van der Waals surface area contributed by atoms with E-state index in [0.29, 0.717) is 16.5 Å². The number of carbonyl (C=O) groups is 2. The van der Waals surface area contributed by atoms with Crippen molar-refractivity contribution in [3.8, 4) is 5.75 Å². The molecule has 1 aromatic rings. The molecular formula is C14H18Cl2N2O4S. The van der Waals surface area contributed by atoms with Crippen molar-refractivity contribution < 1.29 is 18.5 Å².